The number of carbonyl (C=O) groups is 2. The first-order chi connectivity index (χ1) is 27.9. The average molecular weight is 858 g/mol. The van der Waals surface area contributed by atoms with Crippen LogP contribution in [0.1, 0.15) is 47.8 Å². The number of phosphoric ester groups is 1. The van der Waals surface area contributed by atoms with Crippen LogP contribution in [-0.4, -0.2) is 108 Å². The van der Waals surface area contributed by atoms with E-state index in [2.05, 4.69) is 45.3 Å². The van der Waals surface area contributed by atoms with E-state index in [0.29, 0.717) is 30.4 Å². The van der Waals surface area contributed by atoms with Gasteiger partial charge < -0.3 is 45.4 Å². The van der Waals surface area contributed by atoms with E-state index in [0.717, 1.165) is 17.4 Å². The van der Waals surface area contributed by atoms with Gasteiger partial charge in [-0.25, -0.2) is 9.36 Å². The molecule has 2 aliphatic rings. The van der Waals surface area contributed by atoms with E-state index in [4.69, 9.17) is 49.9 Å². The minimum absolute atomic E-state index is 0.0756. The molecule has 1 aromatic carbocycles. The monoisotopic (exact) mass is 857 g/mol. The lowest BCUT2D eigenvalue weighted by Crippen LogP contribution is -2.40. The number of aromatic nitrogens is 2. The van der Waals surface area contributed by atoms with Crippen molar-refractivity contribution in [1.29, 1.82) is 0 Å². The molecule has 0 bridgehead atoms. The summed E-state index contributed by atoms with van der Waals surface area (Å²) in [5.41, 5.74) is 23.2. The molecule has 58 heavy (non-hydrogen) atoms. The molecule has 316 valence electrons. The molecule has 1 aromatic heterocycles. The highest BCUT2D eigenvalue weighted by Gasteiger charge is 2.42. The fourth-order valence-electron chi connectivity index (χ4n) is 5.38. The zero-order valence-corrected chi connectivity index (χ0v) is 32.6. The van der Waals surface area contributed by atoms with Gasteiger partial charge in [0.1, 0.15) is 43.8 Å². The molecule has 1 saturated heterocycles. The second-order valence-corrected chi connectivity index (χ2v) is 14.7. The number of nitrogens with two attached hydrogens (primary N) is 1. The summed E-state index contributed by atoms with van der Waals surface area (Å²) in [6.45, 7) is -0.949. The molecule has 2 aromatic rings. The fourth-order valence-corrected chi connectivity index (χ4v) is 6.61. The van der Waals surface area contributed by atoms with Crippen LogP contribution in [0.5, 0.6) is 5.75 Å². The standard InChI is InChI=1S/C30H42N12O14P2/c31-28-20(14-42(30(45)38-28)27-12-23(53-18-37-40-32)24(55-27)15-54-58(48,49)56-57(46)47)13-36-25(43)16-50-9-10-51-26(39-41-33)17-52-22-6-1-3-19(11-22)29(44)35-8-7-34-21-4-2-5-21/h1,3,6,11,14,21,23-24,26-27,34H,2,4-5,7-10,12-13,15-18H2,(H5-,31,35,36,38,43,44,45,46,47,48,49)/p+1/t23?,24-,26?,27-/m1/s1. The molecule has 1 aliphatic carbocycles. The number of rotatable bonds is 26. The number of anilines is 1. The Morgan fingerprint density at radius 3 is 2.74 bits per heavy atom. The smallest absolute Gasteiger partial charge is 0.491 e. The normalized spacial score (nSPS) is 19.4. The summed E-state index contributed by atoms with van der Waals surface area (Å²) in [6.07, 6.45) is 0.438. The van der Waals surface area contributed by atoms with Crippen LogP contribution in [0.2, 0.25) is 0 Å². The first kappa shape index (κ1) is 45.9. The van der Waals surface area contributed by atoms with Crippen LogP contribution < -0.4 is 32.1 Å². The van der Waals surface area contributed by atoms with E-state index >= 15 is 0 Å². The molecule has 1 saturated carbocycles. The van der Waals surface area contributed by atoms with Crippen LogP contribution in [0, 0.1) is 0 Å². The number of nitrogens with zero attached hydrogens (tertiary/aromatic N) is 8. The number of amides is 2. The predicted octanol–water partition coefficient (Wildman–Crippen LogP) is 1.79. The Kier molecular flexibility index (Phi) is 18.7. The van der Waals surface area contributed by atoms with Gasteiger partial charge in [-0.15, -0.1) is 4.89 Å². The molecule has 28 heteroatoms. The lowest BCUT2D eigenvalue weighted by molar-refractivity contribution is -0.126. The Labute approximate surface area is 330 Å². The van der Waals surface area contributed by atoms with Gasteiger partial charge >= 0.3 is 21.8 Å². The molecule has 2 fully saturated rings. The van der Waals surface area contributed by atoms with Crippen LogP contribution in [-0.2, 0) is 48.3 Å². The largest absolute Gasteiger partial charge is 0.705 e. The first-order valence-electron chi connectivity index (χ1n) is 17.6. The van der Waals surface area contributed by atoms with Crippen LogP contribution >= 0.6 is 16.1 Å². The molecule has 4 unspecified atom stereocenters. The van der Waals surface area contributed by atoms with Crippen LogP contribution in [0.4, 0.5) is 5.82 Å². The number of nitrogens with one attached hydrogen (secondary N) is 3. The molecule has 1 aliphatic heterocycles. The Morgan fingerprint density at radius 1 is 1.21 bits per heavy atom. The summed E-state index contributed by atoms with van der Waals surface area (Å²) < 4.78 is 60.2. The van der Waals surface area contributed by atoms with Crippen molar-refractivity contribution in [3.8, 4) is 5.75 Å². The van der Waals surface area contributed by atoms with Crippen LogP contribution in [0.15, 0.2) is 45.5 Å². The summed E-state index contributed by atoms with van der Waals surface area (Å²) in [7, 11) is -8.45. The van der Waals surface area contributed by atoms with Gasteiger partial charge in [0, 0.05) is 63.8 Å². The van der Waals surface area contributed by atoms with Crippen molar-refractivity contribution in [3.63, 3.8) is 0 Å². The number of hydrogen-bond donors (Lipinski definition) is 6. The van der Waals surface area contributed by atoms with Gasteiger partial charge in [0.15, 0.2) is 6.23 Å². The van der Waals surface area contributed by atoms with E-state index < -0.39 is 72.3 Å². The maximum absolute atomic E-state index is 12.8. The zero-order chi connectivity index (χ0) is 41.9. The molecule has 2 amide bonds. The molecule has 6 atom stereocenters. The van der Waals surface area contributed by atoms with Crippen LogP contribution in [0.25, 0.3) is 20.9 Å². The summed E-state index contributed by atoms with van der Waals surface area (Å²) >= 11 is 0. The fraction of sp³-hybridized carbons (Fsp3) is 0.600. The maximum Gasteiger partial charge on any atom is 0.705 e. The van der Waals surface area contributed by atoms with Gasteiger partial charge in [-0.2, -0.15) is 4.98 Å². The summed E-state index contributed by atoms with van der Waals surface area (Å²) in [4.78, 5) is 65.3. The Hall–Kier alpha value is -4.77. The number of hydrogen-bond acceptors (Lipinski definition) is 17. The van der Waals surface area contributed by atoms with E-state index in [1.54, 1.807) is 24.3 Å². The summed E-state index contributed by atoms with van der Waals surface area (Å²) in [5, 5.41) is 15.6. The topological polar surface area (TPSA) is 368 Å². The Balaban J connectivity index is 1.20. The van der Waals surface area contributed by atoms with Crippen molar-refractivity contribution in [2.45, 2.75) is 62.9 Å². The molecular weight excluding hydrogens is 814 g/mol. The molecule has 2 heterocycles. The summed E-state index contributed by atoms with van der Waals surface area (Å²) in [6, 6.07) is 7.03. The van der Waals surface area contributed by atoms with Gasteiger partial charge in [-0.3, -0.25) is 23.6 Å². The molecule has 0 radical (unpaired) electrons. The van der Waals surface area contributed by atoms with Crippen molar-refractivity contribution in [2.75, 3.05) is 58.6 Å². The number of carbonyl (C=O) groups excluding carboxylic acids is 2. The van der Waals surface area contributed by atoms with Gasteiger partial charge in [-0.05, 0) is 46.4 Å². The van der Waals surface area contributed by atoms with Crippen molar-refractivity contribution >= 4 is 33.7 Å². The highest BCUT2D eigenvalue weighted by Crippen LogP contribution is 2.51. The third-order valence-electron chi connectivity index (χ3n) is 8.40. The minimum atomic E-state index is -4.98. The quantitative estimate of drug-likeness (QED) is 0.0258. The number of benzene rings is 1. The molecule has 4 rings (SSSR count). The van der Waals surface area contributed by atoms with Crippen molar-refractivity contribution in [1.82, 2.24) is 25.5 Å². The van der Waals surface area contributed by atoms with Gasteiger partial charge in [-0.1, -0.05) is 22.7 Å². The zero-order valence-electron chi connectivity index (χ0n) is 30.8. The highest BCUT2D eigenvalue weighted by atomic mass is 31.2. The third kappa shape index (κ3) is 15.5. The second-order valence-electron chi connectivity index (χ2n) is 12.4. The number of nitrogen functional groups attached to an aromatic ring is 1. The molecular formula is C30H43N12O14P2+. The van der Waals surface area contributed by atoms with Gasteiger partial charge in [0.05, 0.1) is 25.9 Å². The first-order valence-corrected chi connectivity index (χ1v) is 20.2. The molecule has 0 spiro atoms. The number of ether oxygens (including phenoxy) is 5. The Morgan fingerprint density at radius 2 is 2.02 bits per heavy atom. The van der Waals surface area contributed by atoms with E-state index in [1.165, 1.54) is 12.6 Å². The summed E-state index contributed by atoms with van der Waals surface area (Å²) in [5.74, 6) is -0.674. The number of azide groups is 2. The van der Waals surface area contributed by atoms with Gasteiger partial charge in [0.25, 0.3) is 5.91 Å². The van der Waals surface area contributed by atoms with Crippen molar-refractivity contribution < 1.29 is 61.0 Å². The van der Waals surface area contributed by atoms with Crippen molar-refractivity contribution in [3.05, 3.63) is 73.0 Å². The predicted molar refractivity (Wildman–Crippen MR) is 198 cm³/mol. The van der Waals surface area contributed by atoms with Crippen molar-refractivity contribution in [2.24, 2.45) is 10.2 Å². The van der Waals surface area contributed by atoms with E-state index in [9.17, 15) is 28.4 Å². The van der Waals surface area contributed by atoms with E-state index in [-0.39, 0.29) is 50.1 Å². The van der Waals surface area contributed by atoms with E-state index in [1.807, 2.05) is 0 Å². The molecule has 7 N–H and O–H groups in total. The van der Waals surface area contributed by atoms with Gasteiger partial charge in [0.2, 0.25) is 5.91 Å². The maximum atomic E-state index is 12.8. The number of phosphoric acid groups is 1. The average Bonchev–Trinajstić information content (AvgIpc) is 3.57. The lowest BCUT2D eigenvalue weighted by atomic mass is 9.93. The highest BCUT2D eigenvalue weighted by molar-refractivity contribution is 7.55. The molecule has 26 nitrogen and oxygen atoms in total. The minimum Gasteiger partial charge on any atom is -0.491 e. The lowest BCUT2D eigenvalue weighted by Gasteiger charge is -2.26. The Bertz CT molecular complexity index is 1930. The third-order valence-corrected chi connectivity index (χ3v) is 10.3. The van der Waals surface area contributed by atoms with Crippen LogP contribution in [0.3, 0.4) is 0 Å². The second kappa shape index (κ2) is 23.6. The SMILES string of the molecule is [N-]=[N+]=NCOC1C[C@H](n2cc(CNC(=O)COCCOC(COc3cccc(C(=O)NCCNC4CCC4)c3)N=[N+]=[N-])c(N)nc2=O)O[C@@H]1COP(=O)(O)O[P+](=O)O.